The minimum Gasteiger partial charge on any atom is -0.379 e. The number of aryl methyl sites for hydroxylation is 1. The third-order valence-corrected chi connectivity index (χ3v) is 3.71. The van der Waals surface area contributed by atoms with Crippen LogP contribution in [0.5, 0.6) is 0 Å². The Kier molecular flexibility index (Phi) is 2.99. The predicted octanol–water partition coefficient (Wildman–Crippen LogP) is 4.22. The zero-order chi connectivity index (χ0) is 12.4. The molecular weight excluding hydrogens is 240 g/mol. The predicted molar refractivity (Wildman–Crippen MR) is 78.1 cm³/mol. The first-order valence-electron chi connectivity index (χ1n) is 5.95. The van der Waals surface area contributed by atoms with Crippen molar-refractivity contribution in [1.29, 1.82) is 0 Å². The number of rotatable bonds is 3. The summed E-state index contributed by atoms with van der Waals surface area (Å²) >= 11 is 1.69. The Morgan fingerprint density at radius 3 is 2.72 bits per heavy atom. The van der Waals surface area contributed by atoms with Gasteiger partial charge in [-0.15, -0.1) is 11.3 Å². The van der Waals surface area contributed by atoms with E-state index < -0.39 is 0 Å². The van der Waals surface area contributed by atoms with E-state index in [0.29, 0.717) is 0 Å². The van der Waals surface area contributed by atoms with Crippen LogP contribution in [0.3, 0.4) is 0 Å². The fraction of sp³-hybridized carbons (Fsp3) is 0.133. The number of thiazole rings is 1. The highest BCUT2D eigenvalue weighted by molar-refractivity contribution is 7.09. The third-order valence-electron chi connectivity index (χ3n) is 2.89. The van der Waals surface area contributed by atoms with E-state index in [1.807, 2.05) is 6.92 Å². The maximum atomic E-state index is 4.44. The molecule has 2 aromatic carbocycles. The van der Waals surface area contributed by atoms with Crippen LogP contribution in [0.15, 0.2) is 47.8 Å². The van der Waals surface area contributed by atoms with Crippen LogP contribution in [0.25, 0.3) is 10.8 Å². The fourth-order valence-corrected chi connectivity index (χ4v) is 2.59. The van der Waals surface area contributed by atoms with Crippen LogP contribution in [0, 0.1) is 6.92 Å². The summed E-state index contributed by atoms with van der Waals surface area (Å²) in [7, 11) is 0. The average Bonchev–Trinajstić information content (AvgIpc) is 2.82. The van der Waals surface area contributed by atoms with Gasteiger partial charge in [0.15, 0.2) is 0 Å². The topological polar surface area (TPSA) is 24.9 Å². The van der Waals surface area contributed by atoms with Gasteiger partial charge in [0.05, 0.1) is 17.2 Å². The van der Waals surface area contributed by atoms with Crippen molar-refractivity contribution in [3.8, 4) is 0 Å². The average molecular weight is 254 g/mol. The molecule has 1 heterocycles. The summed E-state index contributed by atoms with van der Waals surface area (Å²) in [6.45, 7) is 2.81. The van der Waals surface area contributed by atoms with Crippen LogP contribution in [0.4, 0.5) is 5.69 Å². The van der Waals surface area contributed by atoms with E-state index in [1.165, 1.54) is 10.8 Å². The molecule has 3 aromatic rings. The molecule has 0 saturated carbocycles. The van der Waals surface area contributed by atoms with Gasteiger partial charge in [0.25, 0.3) is 0 Å². The van der Waals surface area contributed by atoms with Gasteiger partial charge in [-0.05, 0) is 29.8 Å². The number of benzene rings is 2. The van der Waals surface area contributed by atoms with Crippen LogP contribution in [-0.4, -0.2) is 4.98 Å². The van der Waals surface area contributed by atoms with Gasteiger partial charge >= 0.3 is 0 Å². The van der Waals surface area contributed by atoms with Gasteiger partial charge < -0.3 is 5.32 Å². The zero-order valence-corrected chi connectivity index (χ0v) is 11.0. The quantitative estimate of drug-likeness (QED) is 0.757. The molecule has 1 aromatic heterocycles. The smallest absolute Gasteiger partial charge is 0.0898 e. The van der Waals surface area contributed by atoms with Gasteiger partial charge in [-0.2, -0.15) is 0 Å². The normalized spacial score (nSPS) is 10.7. The van der Waals surface area contributed by atoms with Gasteiger partial charge in [0, 0.05) is 11.1 Å². The first-order chi connectivity index (χ1) is 8.81. The monoisotopic (exact) mass is 254 g/mol. The molecule has 0 saturated heterocycles. The molecule has 0 aliphatic carbocycles. The lowest BCUT2D eigenvalue weighted by atomic mass is 10.1. The molecule has 0 unspecified atom stereocenters. The van der Waals surface area contributed by atoms with Crippen molar-refractivity contribution in [1.82, 2.24) is 4.98 Å². The maximum Gasteiger partial charge on any atom is 0.0898 e. The molecule has 2 nitrogen and oxygen atoms in total. The van der Waals surface area contributed by atoms with Crippen LogP contribution in [-0.2, 0) is 6.54 Å². The number of nitrogens with one attached hydrogen (secondary N) is 1. The van der Waals surface area contributed by atoms with Crippen LogP contribution in [0.1, 0.15) is 10.7 Å². The Morgan fingerprint density at radius 1 is 1.11 bits per heavy atom. The Bertz CT molecular complexity index is 673. The molecule has 0 aliphatic heterocycles. The van der Waals surface area contributed by atoms with Crippen molar-refractivity contribution in [3.05, 3.63) is 58.5 Å². The van der Waals surface area contributed by atoms with E-state index in [-0.39, 0.29) is 0 Å². The molecule has 18 heavy (non-hydrogen) atoms. The molecular formula is C15H14N2S. The second-order valence-corrected chi connectivity index (χ2v) is 5.34. The molecule has 0 spiro atoms. The second-order valence-electron chi connectivity index (χ2n) is 4.27. The standard InChI is InChI=1S/C15H14N2S/c1-11-17-15(10-18-11)9-16-14-7-6-12-4-2-3-5-13(12)8-14/h2-8,10,16H,9H2,1H3. The van der Waals surface area contributed by atoms with Crippen LogP contribution >= 0.6 is 11.3 Å². The summed E-state index contributed by atoms with van der Waals surface area (Å²) in [5, 5.41) is 9.16. The van der Waals surface area contributed by atoms with Crippen molar-refractivity contribution >= 4 is 27.8 Å². The molecule has 0 amide bonds. The minimum atomic E-state index is 0.780. The van der Waals surface area contributed by atoms with Gasteiger partial charge in [-0.25, -0.2) is 4.98 Å². The van der Waals surface area contributed by atoms with Crippen molar-refractivity contribution in [2.45, 2.75) is 13.5 Å². The number of nitrogens with zero attached hydrogens (tertiary/aromatic N) is 1. The molecule has 3 heteroatoms. The van der Waals surface area contributed by atoms with Gasteiger partial charge in [0.1, 0.15) is 0 Å². The summed E-state index contributed by atoms with van der Waals surface area (Å²) in [4.78, 5) is 4.44. The number of aromatic nitrogens is 1. The molecule has 0 aliphatic rings. The summed E-state index contributed by atoms with van der Waals surface area (Å²) in [6.07, 6.45) is 0. The number of hydrogen-bond acceptors (Lipinski definition) is 3. The van der Waals surface area contributed by atoms with Crippen molar-refractivity contribution < 1.29 is 0 Å². The van der Waals surface area contributed by atoms with E-state index in [4.69, 9.17) is 0 Å². The fourth-order valence-electron chi connectivity index (χ4n) is 1.98. The molecule has 3 rings (SSSR count). The lowest BCUT2D eigenvalue weighted by molar-refractivity contribution is 1.06. The highest BCUT2D eigenvalue weighted by Gasteiger charge is 1.99. The highest BCUT2D eigenvalue weighted by Crippen LogP contribution is 2.19. The molecule has 0 radical (unpaired) electrons. The number of hydrogen-bond donors (Lipinski definition) is 1. The molecule has 0 bridgehead atoms. The lowest BCUT2D eigenvalue weighted by Crippen LogP contribution is -1.99. The summed E-state index contributed by atoms with van der Waals surface area (Å²) in [5.74, 6) is 0. The first kappa shape index (κ1) is 11.2. The second kappa shape index (κ2) is 4.78. The van der Waals surface area contributed by atoms with E-state index in [1.54, 1.807) is 11.3 Å². The largest absolute Gasteiger partial charge is 0.379 e. The molecule has 0 fully saturated rings. The Hall–Kier alpha value is -1.87. The first-order valence-corrected chi connectivity index (χ1v) is 6.83. The van der Waals surface area contributed by atoms with Crippen molar-refractivity contribution in [3.63, 3.8) is 0 Å². The van der Waals surface area contributed by atoms with Gasteiger partial charge in [0.2, 0.25) is 0 Å². The summed E-state index contributed by atoms with van der Waals surface area (Å²) < 4.78 is 0. The van der Waals surface area contributed by atoms with Crippen molar-refractivity contribution in [2.75, 3.05) is 5.32 Å². The molecule has 0 atom stereocenters. The lowest BCUT2D eigenvalue weighted by Gasteiger charge is -2.06. The van der Waals surface area contributed by atoms with Crippen molar-refractivity contribution in [2.24, 2.45) is 0 Å². The zero-order valence-electron chi connectivity index (χ0n) is 10.2. The summed E-state index contributed by atoms with van der Waals surface area (Å²) in [5.41, 5.74) is 2.24. The van der Waals surface area contributed by atoms with E-state index in [0.717, 1.165) is 22.9 Å². The Labute approximate surface area is 110 Å². The van der Waals surface area contributed by atoms with Gasteiger partial charge in [-0.1, -0.05) is 30.3 Å². The van der Waals surface area contributed by atoms with Crippen LogP contribution in [0.2, 0.25) is 0 Å². The third kappa shape index (κ3) is 2.36. The van der Waals surface area contributed by atoms with Gasteiger partial charge in [-0.3, -0.25) is 0 Å². The Morgan fingerprint density at radius 2 is 1.94 bits per heavy atom. The summed E-state index contributed by atoms with van der Waals surface area (Å²) in [6, 6.07) is 14.8. The molecule has 90 valence electrons. The number of anilines is 1. The number of fused-ring (bicyclic) bond motifs is 1. The van der Waals surface area contributed by atoms with Crippen LogP contribution < -0.4 is 5.32 Å². The highest BCUT2D eigenvalue weighted by atomic mass is 32.1. The molecule has 1 N–H and O–H groups in total. The van der Waals surface area contributed by atoms with E-state index >= 15 is 0 Å². The SMILES string of the molecule is Cc1nc(CNc2ccc3ccccc3c2)cs1. The van der Waals surface area contributed by atoms with E-state index in [2.05, 4.69) is 58.1 Å². The minimum absolute atomic E-state index is 0.780. The maximum absolute atomic E-state index is 4.44. The van der Waals surface area contributed by atoms with E-state index in [9.17, 15) is 0 Å². The Balaban J connectivity index is 1.78.